The minimum Gasteiger partial charge on any atom is -0.0651 e. The molecule has 0 aliphatic heterocycles. The van der Waals surface area contributed by atoms with Crippen molar-refractivity contribution in [2.75, 3.05) is 0 Å². The Morgan fingerprint density at radius 2 is 1.65 bits per heavy atom. The maximum absolute atomic E-state index is 2.49. The molecule has 0 aromatic rings. The van der Waals surface area contributed by atoms with Crippen LogP contribution < -0.4 is 0 Å². The van der Waals surface area contributed by atoms with Gasteiger partial charge in [0.15, 0.2) is 0 Å². The molecule has 1 saturated carbocycles. The molecule has 1 fully saturated rings. The van der Waals surface area contributed by atoms with Crippen molar-refractivity contribution in [3.63, 3.8) is 0 Å². The zero-order chi connectivity index (χ0) is 13.1. The van der Waals surface area contributed by atoms with E-state index < -0.39 is 0 Å². The first-order valence-electron chi connectivity index (χ1n) is 7.84. The van der Waals surface area contributed by atoms with Crippen LogP contribution in [0.25, 0.3) is 0 Å². The lowest BCUT2D eigenvalue weighted by atomic mass is 9.71. The molecular formula is C17H34. The second-order valence-corrected chi connectivity index (χ2v) is 7.72. The van der Waals surface area contributed by atoms with E-state index in [0.717, 1.165) is 23.7 Å². The topological polar surface area (TPSA) is 0 Å². The molecule has 0 heteroatoms. The Kier molecular flexibility index (Phi) is 5.54. The first kappa shape index (κ1) is 15.1. The molecule has 1 aliphatic rings. The first-order chi connectivity index (χ1) is 7.84. The van der Waals surface area contributed by atoms with Gasteiger partial charge in [-0.3, -0.25) is 0 Å². The average Bonchev–Trinajstić information content (AvgIpc) is 2.40. The maximum Gasteiger partial charge on any atom is -0.0340 e. The standard InChI is InChI=1S/C17H34/c1-7-13(2)12-15-9-8-14(3)16(11-10-15)17(4,5)6/h13-16H,7-12H2,1-6H3. The van der Waals surface area contributed by atoms with Crippen LogP contribution >= 0.6 is 0 Å². The summed E-state index contributed by atoms with van der Waals surface area (Å²) in [5, 5.41) is 0. The second kappa shape index (κ2) is 6.25. The van der Waals surface area contributed by atoms with Crippen molar-refractivity contribution in [1.82, 2.24) is 0 Å². The van der Waals surface area contributed by atoms with Gasteiger partial charge in [-0.25, -0.2) is 0 Å². The smallest absolute Gasteiger partial charge is 0.0340 e. The molecule has 1 aliphatic carbocycles. The monoisotopic (exact) mass is 238 g/mol. The van der Waals surface area contributed by atoms with E-state index in [1.165, 1.54) is 38.5 Å². The summed E-state index contributed by atoms with van der Waals surface area (Å²) < 4.78 is 0. The molecule has 0 amide bonds. The molecule has 0 radical (unpaired) electrons. The maximum atomic E-state index is 2.49. The third kappa shape index (κ3) is 4.64. The fourth-order valence-corrected chi connectivity index (χ4v) is 3.80. The molecule has 17 heavy (non-hydrogen) atoms. The summed E-state index contributed by atoms with van der Waals surface area (Å²) in [4.78, 5) is 0. The van der Waals surface area contributed by atoms with Crippen LogP contribution in [0.1, 0.15) is 80.1 Å². The van der Waals surface area contributed by atoms with Crippen molar-refractivity contribution in [1.29, 1.82) is 0 Å². The van der Waals surface area contributed by atoms with E-state index in [-0.39, 0.29) is 0 Å². The Morgan fingerprint density at radius 3 is 2.18 bits per heavy atom. The SMILES string of the molecule is CCC(C)CC1CCC(C)C(C(C)(C)C)CC1. The van der Waals surface area contributed by atoms with Gasteiger partial charge in [-0.15, -0.1) is 0 Å². The van der Waals surface area contributed by atoms with E-state index in [1.54, 1.807) is 0 Å². The van der Waals surface area contributed by atoms with Crippen molar-refractivity contribution in [2.24, 2.45) is 29.1 Å². The lowest BCUT2D eigenvalue weighted by Crippen LogP contribution is -2.25. The van der Waals surface area contributed by atoms with Crippen molar-refractivity contribution < 1.29 is 0 Å². The fourth-order valence-electron chi connectivity index (χ4n) is 3.80. The Labute approximate surface area is 110 Å². The number of rotatable bonds is 3. The van der Waals surface area contributed by atoms with Crippen LogP contribution in [0.3, 0.4) is 0 Å². The van der Waals surface area contributed by atoms with Crippen molar-refractivity contribution in [3.8, 4) is 0 Å². The summed E-state index contributed by atoms with van der Waals surface area (Å²) in [5.74, 6) is 3.81. The number of hydrogen-bond donors (Lipinski definition) is 0. The van der Waals surface area contributed by atoms with Gasteiger partial charge in [-0.2, -0.15) is 0 Å². The second-order valence-electron chi connectivity index (χ2n) is 7.72. The zero-order valence-corrected chi connectivity index (χ0v) is 13.1. The number of hydrogen-bond acceptors (Lipinski definition) is 0. The van der Waals surface area contributed by atoms with Crippen molar-refractivity contribution in [2.45, 2.75) is 80.1 Å². The third-order valence-electron chi connectivity index (χ3n) is 5.15. The van der Waals surface area contributed by atoms with E-state index in [9.17, 15) is 0 Å². The predicted molar refractivity (Wildman–Crippen MR) is 78.1 cm³/mol. The van der Waals surface area contributed by atoms with E-state index in [4.69, 9.17) is 0 Å². The van der Waals surface area contributed by atoms with Gasteiger partial charge in [0.25, 0.3) is 0 Å². The van der Waals surface area contributed by atoms with Crippen molar-refractivity contribution >= 4 is 0 Å². The molecular weight excluding hydrogens is 204 g/mol. The molecule has 0 N–H and O–H groups in total. The Hall–Kier alpha value is 0. The molecule has 0 heterocycles. The summed E-state index contributed by atoms with van der Waals surface area (Å²) in [5.41, 5.74) is 0.505. The van der Waals surface area contributed by atoms with Crippen LogP contribution in [0, 0.1) is 29.1 Å². The molecule has 0 spiro atoms. The van der Waals surface area contributed by atoms with Gasteiger partial charge in [0.2, 0.25) is 0 Å². The van der Waals surface area contributed by atoms with Crippen LogP contribution in [-0.4, -0.2) is 0 Å². The van der Waals surface area contributed by atoms with E-state index in [0.29, 0.717) is 5.41 Å². The van der Waals surface area contributed by atoms with E-state index in [2.05, 4.69) is 41.5 Å². The molecule has 0 bridgehead atoms. The fraction of sp³-hybridized carbons (Fsp3) is 1.00. The molecule has 0 aromatic carbocycles. The summed E-state index contributed by atoms with van der Waals surface area (Å²) in [6.07, 6.45) is 8.72. The van der Waals surface area contributed by atoms with Gasteiger partial charge in [-0.1, -0.05) is 67.2 Å². The lowest BCUT2D eigenvalue weighted by Gasteiger charge is -2.34. The highest BCUT2D eigenvalue weighted by molar-refractivity contribution is 4.83. The normalized spacial score (nSPS) is 33.2. The summed E-state index contributed by atoms with van der Waals surface area (Å²) in [6.45, 7) is 14.6. The van der Waals surface area contributed by atoms with Gasteiger partial charge in [0.1, 0.15) is 0 Å². The largest absolute Gasteiger partial charge is 0.0651 e. The minimum absolute atomic E-state index is 0.505. The van der Waals surface area contributed by atoms with Crippen molar-refractivity contribution in [3.05, 3.63) is 0 Å². The molecule has 102 valence electrons. The van der Waals surface area contributed by atoms with Crippen LogP contribution in [0.15, 0.2) is 0 Å². The predicted octanol–water partition coefficient (Wildman–Crippen LogP) is 5.91. The van der Waals surface area contributed by atoms with Gasteiger partial charge in [0.05, 0.1) is 0 Å². The van der Waals surface area contributed by atoms with Crippen LogP contribution in [0.2, 0.25) is 0 Å². The van der Waals surface area contributed by atoms with Gasteiger partial charge in [-0.05, 0) is 41.9 Å². The van der Waals surface area contributed by atoms with E-state index in [1.807, 2.05) is 0 Å². The first-order valence-corrected chi connectivity index (χ1v) is 7.84. The molecule has 0 aromatic heterocycles. The molecule has 4 atom stereocenters. The molecule has 1 rings (SSSR count). The summed E-state index contributed by atoms with van der Waals surface area (Å²) in [6, 6.07) is 0. The lowest BCUT2D eigenvalue weighted by molar-refractivity contribution is 0.157. The third-order valence-corrected chi connectivity index (χ3v) is 5.15. The van der Waals surface area contributed by atoms with Gasteiger partial charge < -0.3 is 0 Å². The summed E-state index contributed by atoms with van der Waals surface area (Å²) >= 11 is 0. The molecule has 4 unspecified atom stereocenters. The highest BCUT2D eigenvalue weighted by Gasteiger charge is 2.32. The van der Waals surface area contributed by atoms with Crippen LogP contribution in [-0.2, 0) is 0 Å². The Balaban J connectivity index is 2.53. The molecule has 0 nitrogen and oxygen atoms in total. The van der Waals surface area contributed by atoms with Gasteiger partial charge >= 0.3 is 0 Å². The Bertz CT molecular complexity index is 211. The van der Waals surface area contributed by atoms with Crippen LogP contribution in [0.5, 0.6) is 0 Å². The highest BCUT2D eigenvalue weighted by atomic mass is 14.4. The van der Waals surface area contributed by atoms with Crippen LogP contribution in [0.4, 0.5) is 0 Å². The van der Waals surface area contributed by atoms with E-state index >= 15 is 0 Å². The van der Waals surface area contributed by atoms with Gasteiger partial charge in [0, 0.05) is 0 Å². The zero-order valence-electron chi connectivity index (χ0n) is 13.1. The minimum atomic E-state index is 0.505. The summed E-state index contributed by atoms with van der Waals surface area (Å²) in [7, 11) is 0. The highest BCUT2D eigenvalue weighted by Crippen LogP contribution is 2.43. The molecule has 0 saturated heterocycles. The quantitative estimate of drug-likeness (QED) is 0.536. The Morgan fingerprint density at radius 1 is 1.06 bits per heavy atom. The average molecular weight is 238 g/mol.